The van der Waals surface area contributed by atoms with E-state index >= 15 is 0 Å². The first-order chi connectivity index (χ1) is 17.2. The topological polar surface area (TPSA) is 176 Å². The molecule has 5 N–H and O–H groups in total. The Balaban J connectivity index is 1.58. The fourth-order valence-corrected chi connectivity index (χ4v) is 3.70. The van der Waals surface area contributed by atoms with E-state index in [4.69, 9.17) is 20.3 Å². The highest BCUT2D eigenvalue weighted by Gasteiger charge is 2.21. The first-order valence-corrected chi connectivity index (χ1v) is 11.4. The molecule has 0 spiro atoms. The molecule has 0 saturated carbocycles. The van der Waals surface area contributed by atoms with Crippen molar-refractivity contribution in [3.05, 3.63) is 76.7 Å². The SMILES string of the molecule is Cc1c(CC(=O)c2nnc([C@H](C)N)o2)cccc1-c1cccc(NC(=O)c2nnc([C@H](C)N)o2)c1C. The number of benzene rings is 2. The van der Waals surface area contributed by atoms with Crippen molar-refractivity contribution >= 4 is 17.4 Å². The number of nitrogens with zero attached hydrogens (tertiary/aromatic N) is 4. The van der Waals surface area contributed by atoms with Crippen LogP contribution in [0.1, 0.15) is 75.8 Å². The van der Waals surface area contributed by atoms with Crippen LogP contribution in [0.3, 0.4) is 0 Å². The molecule has 1 amide bonds. The van der Waals surface area contributed by atoms with Gasteiger partial charge in [0.1, 0.15) is 0 Å². The maximum atomic E-state index is 12.8. The van der Waals surface area contributed by atoms with Crippen LogP contribution in [0, 0.1) is 13.8 Å². The van der Waals surface area contributed by atoms with Gasteiger partial charge in [-0.25, -0.2) is 0 Å². The summed E-state index contributed by atoms with van der Waals surface area (Å²) < 4.78 is 10.7. The van der Waals surface area contributed by atoms with Crippen LogP contribution in [-0.2, 0) is 6.42 Å². The fourth-order valence-electron chi connectivity index (χ4n) is 3.70. The summed E-state index contributed by atoms with van der Waals surface area (Å²) in [7, 11) is 0. The Labute approximate surface area is 207 Å². The van der Waals surface area contributed by atoms with Gasteiger partial charge in [-0.2, -0.15) is 0 Å². The molecule has 2 atom stereocenters. The van der Waals surface area contributed by atoms with Crippen LogP contribution in [0.4, 0.5) is 5.69 Å². The molecule has 0 aliphatic rings. The number of ketones is 1. The summed E-state index contributed by atoms with van der Waals surface area (Å²) in [5.41, 5.74) is 16.5. The summed E-state index contributed by atoms with van der Waals surface area (Å²) in [6.07, 6.45) is 0.0921. The molecule has 0 fully saturated rings. The van der Waals surface area contributed by atoms with Crippen LogP contribution in [0.15, 0.2) is 45.2 Å². The van der Waals surface area contributed by atoms with Crippen LogP contribution < -0.4 is 16.8 Å². The van der Waals surface area contributed by atoms with Gasteiger partial charge in [0.05, 0.1) is 12.1 Å². The Morgan fingerprint density at radius 3 is 2.00 bits per heavy atom. The molecule has 0 aliphatic heterocycles. The lowest BCUT2D eigenvalue weighted by Gasteiger charge is -2.15. The third-order valence-electron chi connectivity index (χ3n) is 5.76. The molecule has 2 aromatic carbocycles. The standard InChI is InChI=1S/C25H27N7O4/c1-12-16(11-20(33)24-31-29-22(35-24)14(3)26)7-5-8-17(12)18-9-6-10-19(13(18)2)28-21(34)25-32-30-23(36-25)15(4)27/h5-10,14-15H,11,26-27H2,1-4H3,(H,28,34)/t14-,15-/m0/s1. The average molecular weight is 490 g/mol. The second kappa shape index (κ2) is 10.2. The molecule has 4 aromatic rings. The minimum atomic E-state index is -0.531. The Morgan fingerprint density at radius 2 is 1.39 bits per heavy atom. The largest absolute Gasteiger partial charge is 0.417 e. The highest BCUT2D eigenvalue weighted by molar-refractivity contribution is 6.02. The summed E-state index contributed by atoms with van der Waals surface area (Å²) in [4.78, 5) is 25.4. The predicted molar refractivity (Wildman–Crippen MR) is 131 cm³/mol. The summed E-state index contributed by atoms with van der Waals surface area (Å²) in [6.45, 7) is 7.23. The highest BCUT2D eigenvalue weighted by atomic mass is 16.4. The van der Waals surface area contributed by atoms with Gasteiger partial charge in [-0.15, -0.1) is 20.4 Å². The third kappa shape index (κ3) is 5.07. The van der Waals surface area contributed by atoms with E-state index in [0.717, 1.165) is 27.8 Å². The number of carbonyl (C=O) groups is 2. The Bertz CT molecular complexity index is 1310. The fraction of sp³-hybridized carbons (Fsp3) is 0.280. The van der Waals surface area contributed by atoms with Crippen molar-refractivity contribution in [3.63, 3.8) is 0 Å². The lowest BCUT2D eigenvalue weighted by Crippen LogP contribution is -2.13. The van der Waals surface area contributed by atoms with Crippen molar-refractivity contribution in [1.29, 1.82) is 0 Å². The number of nitrogens with two attached hydrogens (primary N) is 2. The van der Waals surface area contributed by atoms with Gasteiger partial charge < -0.3 is 25.6 Å². The molecular weight excluding hydrogens is 462 g/mol. The van der Waals surface area contributed by atoms with Gasteiger partial charge >= 0.3 is 11.8 Å². The Kier molecular flexibility index (Phi) is 7.04. The van der Waals surface area contributed by atoms with Crippen LogP contribution in [-0.4, -0.2) is 32.1 Å². The molecule has 11 heteroatoms. The quantitative estimate of drug-likeness (QED) is 0.311. The van der Waals surface area contributed by atoms with Crippen LogP contribution in [0.5, 0.6) is 0 Å². The van der Waals surface area contributed by atoms with Gasteiger partial charge in [0.2, 0.25) is 17.6 Å². The lowest BCUT2D eigenvalue weighted by atomic mass is 9.91. The molecule has 36 heavy (non-hydrogen) atoms. The molecular formula is C25H27N7O4. The summed E-state index contributed by atoms with van der Waals surface area (Å²) in [5.74, 6) is -0.665. The minimum absolute atomic E-state index is 0.0683. The van der Waals surface area contributed by atoms with Crippen molar-refractivity contribution < 1.29 is 18.4 Å². The van der Waals surface area contributed by atoms with Crippen molar-refractivity contribution in [3.8, 4) is 11.1 Å². The van der Waals surface area contributed by atoms with E-state index in [-0.39, 0.29) is 35.8 Å². The van der Waals surface area contributed by atoms with E-state index in [9.17, 15) is 9.59 Å². The Morgan fingerprint density at radius 1 is 0.833 bits per heavy atom. The number of Topliss-reactive ketones (excluding diaryl/α,β-unsaturated/α-hetero) is 1. The maximum absolute atomic E-state index is 12.8. The van der Waals surface area contributed by atoms with Gasteiger partial charge in [-0.1, -0.05) is 30.3 Å². The minimum Gasteiger partial charge on any atom is -0.417 e. The molecule has 0 unspecified atom stereocenters. The number of hydrogen-bond acceptors (Lipinski definition) is 10. The van der Waals surface area contributed by atoms with Crippen LogP contribution in [0.25, 0.3) is 11.1 Å². The molecule has 4 rings (SSSR count). The number of carbonyl (C=O) groups excluding carboxylic acids is 2. The highest BCUT2D eigenvalue weighted by Crippen LogP contribution is 2.32. The van der Waals surface area contributed by atoms with Gasteiger partial charge in [-0.05, 0) is 61.6 Å². The predicted octanol–water partition coefficient (Wildman–Crippen LogP) is 3.45. The molecule has 0 radical (unpaired) electrons. The number of anilines is 1. The molecule has 186 valence electrons. The van der Waals surface area contributed by atoms with E-state index in [1.54, 1.807) is 19.9 Å². The summed E-state index contributed by atoms with van der Waals surface area (Å²) in [5, 5.41) is 18.0. The number of rotatable bonds is 8. The van der Waals surface area contributed by atoms with E-state index in [2.05, 4.69) is 25.7 Å². The van der Waals surface area contributed by atoms with E-state index in [1.807, 2.05) is 44.2 Å². The smallest absolute Gasteiger partial charge is 0.313 e. The second-order valence-electron chi connectivity index (χ2n) is 8.59. The molecule has 11 nitrogen and oxygen atoms in total. The normalized spacial score (nSPS) is 12.8. The van der Waals surface area contributed by atoms with Gasteiger partial charge in [0.25, 0.3) is 5.89 Å². The molecule has 0 bridgehead atoms. The molecule has 2 heterocycles. The number of amides is 1. The average Bonchev–Trinajstić information content (AvgIpc) is 3.53. The van der Waals surface area contributed by atoms with E-state index in [0.29, 0.717) is 5.69 Å². The summed E-state index contributed by atoms with van der Waals surface area (Å²) in [6, 6.07) is 10.4. The van der Waals surface area contributed by atoms with Crippen LogP contribution >= 0.6 is 0 Å². The van der Waals surface area contributed by atoms with Gasteiger partial charge in [0, 0.05) is 12.1 Å². The lowest BCUT2D eigenvalue weighted by molar-refractivity contribution is 0.0955. The van der Waals surface area contributed by atoms with Gasteiger partial charge in [0.15, 0.2) is 0 Å². The molecule has 0 aliphatic carbocycles. The molecule has 2 aromatic heterocycles. The van der Waals surface area contributed by atoms with Crippen molar-refractivity contribution in [2.45, 2.75) is 46.2 Å². The molecule has 0 saturated heterocycles. The monoisotopic (exact) mass is 489 g/mol. The van der Waals surface area contributed by atoms with E-state index in [1.165, 1.54) is 0 Å². The summed E-state index contributed by atoms with van der Waals surface area (Å²) >= 11 is 0. The zero-order valence-electron chi connectivity index (χ0n) is 20.4. The number of nitrogens with one attached hydrogen (secondary N) is 1. The third-order valence-corrected chi connectivity index (χ3v) is 5.76. The van der Waals surface area contributed by atoms with Gasteiger partial charge in [-0.3, -0.25) is 9.59 Å². The van der Waals surface area contributed by atoms with Crippen molar-refractivity contribution in [1.82, 2.24) is 20.4 Å². The maximum Gasteiger partial charge on any atom is 0.313 e. The van der Waals surface area contributed by atoms with Crippen molar-refractivity contribution in [2.75, 3.05) is 5.32 Å². The zero-order chi connectivity index (χ0) is 26.0. The van der Waals surface area contributed by atoms with Crippen molar-refractivity contribution in [2.24, 2.45) is 11.5 Å². The first-order valence-electron chi connectivity index (χ1n) is 11.4. The van der Waals surface area contributed by atoms with E-state index < -0.39 is 18.0 Å². The first kappa shape index (κ1) is 24.9. The Hall–Kier alpha value is -4.22. The zero-order valence-corrected chi connectivity index (χ0v) is 20.4. The van der Waals surface area contributed by atoms with Crippen LogP contribution in [0.2, 0.25) is 0 Å². The number of hydrogen-bond donors (Lipinski definition) is 3. The second-order valence-corrected chi connectivity index (χ2v) is 8.59. The number of aromatic nitrogens is 4.